The molecule has 0 spiro atoms. The van der Waals surface area contributed by atoms with E-state index in [0.29, 0.717) is 29.0 Å². The minimum absolute atomic E-state index is 0.0459. The van der Waals surface area contributed by atoms with Gasteiger partial charge in [-0.1, -0.05) is 42.5 Å². The van der Waals surface area contributed by atoms with Crippen LogP contribution < -0.4 is 10.5 Å². The highest BCUT2D eigenvalue weighted by Crippen LogP contribution is 2.36. The van der Waals surface area contributed by atoms with Crippen LogP contribution in [0.4, 0.5) is 0 Å². The molecule has 0 bridgehead atoms. The quantitative estimate of drug-likeness (QED) is 0.375. The molecule has 0 saturated heterocycles. The highest BCUT2D eigenvalue weighted by Gasteiger charge is 2.38. The zero-order chi connectivity index (χ0) is 25.6. The molecule has 2 aromatic rings. The van der Waals surface area contributed by atoms with Crippen LogP contribution >= 0.6 is 0 Å². The molecule has 8 nitrogen and oxygen atoms in total. The number of primary amides is 1. The van der Waals surface area contributed by atoms with Gasteiger partial charge in [0.05, 0.1) is 18.8 Å². The first-order chi connectivity index (χ1) is 16.6. The van der Waals surface area contributed by atoms with Gasteiger partial charge in [0.1, 0.15) is 17.4 Å². The fourth-order valence-electron chi connectivity index (χ4n) is 4.17. The molecule has 2 aromatic carbocycles. The van der Waals surface area contributed by atoms with Gasteiger partial charge in [0, 0.05) is 18.5 Å². The maximum Gasteiger partial charge on any atom is 0.306 e. The molecule has 3 N–H and O–H groups in total. The lowest BCUT2D eigenvalue weighted by molar-refractivity contribution is -0.155. The number of carbonyl (C=O) groups excluding carboxylic acids is 3. The van der Waals surface area contributed by atoms with Gasteiger partial charge >= 0.3 is 5.97 Å². The molecule has 0 aromatic heterocycles. The summed E-state index contributed by atoms with van der Waals surface area (Å²) in [6, 6.07) is 12.5. The first kappa shape index (κ1) is 26.2. The summed E-state index contributed by atoms with van der Waals surface area (Å²) in [5, 5.41) is 9.84. The van der Waals surface area contributed by atoms with E-state index in [4.69, 9.17) is 15.2 Å². The van der Waals surface area contributed by atoms with Crippen LogP contribution in [0.25, 0.3) is 0 Å². The van der Waals surface area contributed by atoms with Gasteiger partial charge < -0.3 is 25.2 Å². The molecule has 35 heavy (non-hydrogen) atoms. The number of hydrogen-bond donors (Lipinski definition) is 2. The third kappa shape index (κ3) is 6.82. The molecule has 188 valence electrons. The minimum Gasteiger partial charge on any atom is -0.492 e. The molecule has 1 heterocycles. The number of benzene rings is 2. The second-order valence-electron chi connectivity index (χ2n) is 9.66. The zero-order valence-corrected chi connectivity index (χ0v) is 20.6. The smallest absolute Gasteiger partial charge is 0.306 e. The van der Waals surface area contributed by atoms with Crippen LogP contribution in [0, 0.1) is 0 Å². The Balaban J connectivity index is 1.72. The Morgan fingerprint density at radius 3 is 2.49 bits per heavy atom. The molecule has 0 saturated carbocycles. The number of fused-ring (bicyclic) bond motifs is 1. The van der Waals surface area contributed by atoms with E-state index < -0.39 is 29.4 Å². The van der Waals surface area contributed by atoms with Crippen molar-refractivity contribution in [1.29, 1.82) is 0 Å². The summed E-state index contributed by atoms with van der Waals surface area (Å²) in [7, 11) is 0. The van der Waals surface area contributed by atoms with E-state index >= 15 is 0 Å². The van der Waals surface area contributed by atoms with Crippen LogP contribution in [0.2, 0.25) is 0 Å². The van der Waals surface area contributed by atoms with E-state index in [0.717, 1.165) is 12.8 Å². The molecule has 1 aliphatic rings. The van der Waals surface area contributed by atoms with E-state index in [9.17, 15) is 19.5 Å². The van der Waals surface area contributed by atoms with Gasteiger partial charge in [0.25, 0.3) is 5.91 Å². The largest absolute Gasteiger partial charge is 0.492 e. The Kier molecular flexibility index (Phi) is 8.51. The number of aliphatic hydroxyl groups is 1. The summed E-state index contributed by atoms with van der Waals surface area (Å²) in [6.45, 7) is 5.53. The molecule has 1 unspecified atom stereocenters. The predicted octanol–water partition coefficient (Wildman–Crippen LogP) is 3.12. The monoisotopic (exact) mass is 482 g/mol. The number of amides is 2. The molecule has 1 aliphatic heterocycles. The molecule has 1 atom stereocenters. The van der Waals surface area contributed by atoms with Crippen molar-refractivity contribution < 1.29 is 29.0 Å². The van der Waals surface area contributed by atoms with Crippen LogP contribution in [-0.4, -0.2) is 46.0 Å². The third-order valence-electron chi connectivity index (χ3n) is 5.76. The lowest BCUT2D eigenvalue weighted by Crippen LogP contribution is -2.45. The Morgan fingerprint density at radius 1 is 1.14 bits per heavy atom. The van der Waals surface area contributed by atoms with Crippen molar-refractivity contribution in [3.05, 3.63) is 64.7 Å². The van der Waals surface area contributed by atoms with Gasteiger partial charge in [-0.15, -0.1) is 0 Å². The van der Waals surface area contributed by atoms with Crippen LogP contribution in [-0.2, 0) is 33.9 Å². The Bertz CT molecular complexity index is 1060. The number of nitrogens with two attached hydrogens (primary N) is 1. The summed E-state index contributed by atoms with van der Waals surface area (Å²) >= 11 is 0. The second-order valence-corrected chi connectivity index (χ2v) is 9.66. The van der Waals surface area contributed by atoms with Crippen LogP contribution in [0.15, 0.2) is 42.5 Å². The van der Waals surface area contributed by atoms with Crippen molar-refractivity contribution >= 4 is 17.8 Å². The number of carbonyl (C=O) groups is 3. The molecule has 0 radical (unpaired) electrons. The number of aliphatic hydroxyl groups excluding tert-OH is 1. The molecule has 0 fully saturated rings. The first-order valence-electron chi connectivity index (χ1n) is 11.8. The number of aryl methyl sites for hydroxylation is 1. The summed E-state index contributed by atoms with van der Waals surface area (Å²) < 4.78 is 11.3. The molecule has 2 amide bonds. The maximum atomic E-state index is 13.4. The Hall–Kier alpha value is -3.39. The fraction of sp³-hybridized carbons (Fsp3) is 0.444. The van der Waals surface area contributed by atoms with Crippen molar-refractivity contribution in [3.63, 3.8) is 0 Å². The van der Waals surface area contributed by atoms with E-state index in [-0.39, 0.29) is 26.0 Å². The van der Waals surface area contributed by atoms with Gasteiger partial charge in [0.15, 0.2) is 0 Å². The third-order valence-corrected chi connectivity index (χ3v) is 5.76. The second kappa shape index (κ2) is 11.4. The fourth-order valence-corrected chi connectivity index (χ4v) is 4.17. The van der Waals surface area contributed by atoms with E-state index in [1.54, 1.807) is 32.9 Å². The topological polar surface area (TPSA) is 119 Å². The molecular weight excluding hydrogens is 448 g/mol. The van der Waals surface area contributed by atoms with Crippen molar-refractivity contribution in [3.8, 4) is 5.75 Å². The van der Waals surface area contributed by atoms with Crippen LogP contribution in [0.5, 0.6) is 5.75 Å². The Labute approximate surface area is 206 Å². The lowest BCUT2D eigenvalue weighted by atomic mass is 10.0. The highest BCUT2D eigenvalue weighted by molar-refractivity contribution is 6.03. The SMILES string of the molecule is CC(C)(C)OC(=O)CCC(C(N)=O)N1Cc2ccc(CO)c(OCCCc3ccccc3)c2C1=O. The molecular formula is C27H34N2O6. The number of nitrogens with zero attached hydrogens (tertiary/aromatic N) is 1. The average molecular weight is 483 g/mol. The van der Waals surface area contributed by atoms with Crippen molar-refractivity contribution in [2.45, 2.75) is 71.2 Å². The molecule has 8 heteroatoms. The summed E-state index contributed by atoms with van der Waals surface area (Å²) in [4.78, 5) is 39.2. The highest BCUT2D eigenvalue weighted by atomic mass is 16.6. The first-order valence-corrected chi connectivity index (χ1v) is 11.8. The van der Waals surface area contributed by atoms with Gasteiger partial charge in [-0.05, 0) is 51.2 Å². The van der Waals surface area contributed by atoms with E-state index in [1.165, 1.54) is 10.5 Å². The van der Waals surface area contributed by atoms with Gasteiger partial charge in [-0.25, -0.2) is 0 Å². The van der Waals surface area contributed by atoms with Gasteiger partial charge in [-0.2, -0.15) is 0 Å². The zero-order valence-electron chi connectivity index (χ0n) is 20.6. The molecule has 0 aliphatic carbocycles. The normalized spacial score (nSPS) is 13.9. The molecule has 3 rings (SSSR count). The maximum absolute atomic E-state index is 13.4. The van der Waals surface area contributed by atoms with Gasteiger partial charge in [-0.3, -0.25) is 14.4 Å². The van der Waals surface area contributed by atoms with E-state index in [1.807, 2.05) is 30.3 Å². The minimum atomic E-state index is -0.967. The van der Waals surface area contributed by atoms with E-state index in [2.05, 4.69) is 0 Å². The summed E-state index contributed by atoms with van der Waals surface area (Å²) in [5.41, 5.74) is 7.69. The summed E-state index contributed by atoms with van der Waals surface area (Å²) in [6.07, 6.45) is 1.56. The predicted molar refractivity (Wildman–Crippen MR) is 131 cm³/mol. The standard InChI is InChI=1S/C27H34N2O6/c1-27(2,3)35-22(31)14-13-21(25(28)32)29-16-19-11-12-20(17-30)24(23(19)26(29)33)34-15-7-10-18-8-5-4-6-9-18/h4-6,8-9,11-12,21,30H,7,10,13-17H2,1-3H3,(H2,28,32). The van der Waals surface area contributed by atoms with Crippen molar-refractivity contribution in [2.24, 2.45) is 5.73 Å². The number of rotatable bonds is 11. The van der Waals surface area contributed by atoms with Crippen molar-refractivity contribution in [2.75, 3.05) is 6.61 Å². The Morgan fingerprint density at radius 2 is 1.86 bits per heavy atom. The van der Waals surface area contributed by atoms with Crippen molar-refractivity contribution in [1.82, 2.24) is 4.90 Å². The number of ether oxygens (including phenoxy) is 2. The van der Waals surface area contributed by atoms with Crippen LogP contribution in [0.1, 0.15) is 67.1 Å². The summed E-state index contributed by atoms with van der Waals surface area (Å²) in [5.74, 6) is -1.22. The van der Waals surface area contributed by atoms with Crippen LogP contribution in [0.3, 0.4) is 0 Å². The lowest BCUT2D eigenvalue weighted by Gasteiger charge is -2.26. The number of esters is 1. The number of hydrogen-bond acceptors (Lipinski definition) is 6. The van der Waals surface area contributed by atoms with Gasteiger partial charge in [0.2, 0.25) is 5.91 Å². The average Bonchev–Trinajstić information content (AvgIpc) is 3.12.